The summed E-state index contributed by atoms with van der Waals surface area (Å²) in [6.07, 6.45) is 0.113. The zero-order valence-electron chi connectivity index (χ0n) is 6.70. The van der Waals surface area contributed by atoms with Crippen LogP contribution in [0.25, 0.3) is 0 Å². The van der Waals surface area contributed by atoms with Gasteiger partial charge in [0, 0.05) is 14.2 Å². The van der Waals surface area contributed by atoms with Crippen molar-refractivity contribution in [2.75, 3.05) is 14.2 Å². The van der Waals surface area contributed by atoms with Crippen molar-refractivity contribution < 1.29 is 19.1 Å². The molecule has 0 aliphatic carbocycles. The van der Waals surface area contributed by atoms with Gasteiger partial charge >= 0.3 is 29.6 Å². The summed E-state index contributed by atoms with van der Waals surface area (Å²) in [5, 5.41) is 0. The van der Waals surface area contributed by atoms with E-state index in [0.717, 1.165) is 0 Å². The van der Waals surface area contributed by atoms with E-state index in [2.05, 4.69) is 0 Å². The number of methoxy groups -OCH3 is 2. The second kappa shape index (κ2) is 9.35. The fraction of sp³-hybridized carbons (Fsp3) is 0.714. The summed E-state index contributed by atoms with van der Waals surface area (Å²) in [6.45, 7) is 0. The predicted octanol–water partition coefficient (Wildman–Crippen LogP) is -0.495. The van der Waals surface area contributed by atoms with Gasteiger partial charge in [-0.25, -0.2) is 0 Å². The molecule has 0 spiro atoms. The second-order valence-electron chi connectivity index (χ2n) is 2.01. The molecule has 5 heteroatoms. The normalized spacial score (nSPS) is 9.25. The summed E-state index contributed by atoms with van der Waals surface area (Å²) in [5.74, 6) is -0.172. The summed E-state index contributed by atoms with van der Waals surface area (Å²) in [7, 11) is 2.89. The monoisotopic (exact) mass is 184 g/mol. The van der Waals surface area contributed by atoms with Crippen LogP contribution in [0.2, 0.25) is 0 Å². The molecule has 66 valence electrons. The van der Waals surface area contributed by atoms with Gasteiger partial charge in [0.15, 0.2) is 6.29 Å². The maximum absolute atomic E-state index is 10.8. The van der Waals surface area contributed by atoms with Crippen molar-refractivity contribution in [3.05, 3.63) is 0 Å². The molecule has 0 saturated heterocycles. The molecule has 0 N–H and O–H groups in total. The van der Waals surface area contributed by atoms with Crippen molar-refractivity contribution in [2.45, 2.75) is 19.1 Å². The number of carbonyl (C=O) groups excluding carboxylic acids is 2. The summed E-state index contributed by atoms with van der Waals surface area (Å²) >= 11 is 0. The zero-order chi connectivity index (χ0) is 8.69. The molecule has 0 aromatic rings. The van der Waals surface area contributed by atoms with Crippen LogP contribution in [0.1, 0.15) is 12.8 Å². The van der Waals surface area contributed by atoms with E-state index in [-0.39, 0.29) is 48.2 Å². The minimum absolute atomic E-state index is 0. The summed E-state index contributed by atoms with van der Waals surface area (Å²) < 4.78 is 9.51. The van der Waals surface area contributed by atoms with Crippen LogP contribution in [0.15, 0.2) is 0 Å². The number of hydrogen-bond acceptors (Lipinski definition) is 4. The Bertz CT molecular complexity index is 133. The molecule has 0 aliphatic rings. The van der Waals surface area contributed by atoms with Crippen molar-refractivity contribution in [3.8, 4) is 0 Å². The van der Waals surface area contributed by atoms with Gasteiger partial charge in [-0.3, -0.25) is 4.79 Å². The Morgan fingerprint density at radius 2 is 1.92 bits per heavy atom. The molecule has 0 bridgehead atoms. The second-order valence-corrected chi connectivity index (χ2v) is 2.01. The van der Waals surface area contributed by atoms with Crippen molar-refractivity contribution in [2.24, 2.45) is 0 Å². The Balaban J connectivity index is 0. The van der Waals surface area contributed by atoms with Gasteiger partial charge in [0.25, 0.3) is 0 Å². The Morgan fingerprint density at radius 1 is 1.42 bits per heavy atom. The van der Waals surface area contributed by atoms with Crippen LogP contribution in [-0.4, -0.2) is 62.1 Å². The molecule has 0 aliphatic heterocycles. The summed E-state index contributed by atoms with van der Waals surface area (Å²) in [6, 6.07) is 0. The van der Waals surface area contributed by atoms with Gasteiger partial charge in [-0.15, -0.1) is 0 Å². The third kappa shape index (κ3) is 6.94. The molecule has 0 atom stereocenters. The molecule has 12 heavy (non-hydrogen) atoms. The fourth-order valence-corrected chi connectivity index (χ4v) is 0.625. The van der Waals surface area contributed by atoms with E-state index >= 15 is 0 Å². The average molecular weight is 184 g/mol. The topological polar surface area (TPSA) is 52.6 Å². The first-order valence-corrected chi connectivity index (χ1v) is 3.25. The summed E-state index contributed by atoms with van der Waals surface area (Å²) in [4.78, 5) is 20.7. The molecular weight excluding hydrogens is 171 g/mol. The average Bonchev–Trinajstić information content (AvgIpc) is 2.01. The van der Waals surface area contributed by atoms with E-state index in [1.807, 2.05) is 0 Å². The number of aldehydes is 1. The minimum atomic E-state index is -0.526. The maximum atomic E-state index is 10.8. The van der Waals surface area contributed by atoms with Crippen LogP contribution < -0.4 is 0 Å². The Labute approximate surface area is 93.9 Å². The van der Waals surface area contributed by atoms with Crippen LogP contribution in [0.5, 0.6) is 0 Å². The van der Waals surface area contributed by atoms with Crippen LogP contribution in [0.4, 0.5) is 0 Å². The first-order valence-electron chi connectivity index (χ1n) is 3.25. The number of rotatable bonds is 6. The molecule has 4 nitrogen and oxygen atoms in total. The van der Waals surface area contributed by atoms with Crippen LogP contribution in [0.3, 0.4) is 0 Å². The molecule has 0 rings (SSSR count). The van der Waals surface area contributed by atoms with Gasteiger partial charge in [-0.05, 0) is 0 Å². The third-order valence-corrected chi connectivity index (χ3v) is 1.23. The molecular formula is C7H13NaO4. The summed E-state index contributed by atoms with van der Waals surface area (Å²) in [5.41, 5.74) is 0. The van der Waals surface area contributed by atoms with Crippen LogP contribution in [0, 0.1) is 0 Å². The number of ether oxygens (including phenoxy) is 2. The number of carbonyl (C=O) groups is 2. The van der Waals surface area contributed by atoms with Crippen LogP contribution >= 0.6 is 0 Å². The van der Waals surface area contributed by atoms with E-state index in [4.69, 9.17) is 9.47 Å². The third-order valence-electron chi connectivity index (χ3n) is 1.23. The van der Waals surface area contributed by atoms with Gasteiger partial charge in [-0.2, -0.15) is 0 Å². The quantitative estimate of drug-likeness (QED) is 0.242. The Morgan fingerprint density at radius 3 is 2.25 bits per heavy atom. The Kier molecular flexibility index (Phi) is 11.5. The molecule has 0 amide bonds. The van der Waals surface area contributed by atoms with Gasteiger partial charge in [0.2, 0.25) is 0 Å². The van der Waals surface area contributed by atoms with Crippen molar-refractivity contribution in [3.63, 3.8) is 0 Å². The fourth-order valence-electron chi connectivity index (χ4n) is 0.625. The van der Waals surface area contributed by atoms with Crippen molar-refractivity contribution >= 4 is 41.6 Å². The van der Waals surface area contributed by atoms with E-state index in [1.165, 1.54) is 14.2 Å². The Hall–Kier alpha value is 0.260. The van der Waals surface area contributed by atoms with E-state index < -0.39 is 6.29 Å². The number of Topliss-reactive ketones (excluding diaryl/α,β-unsaturated/α-hetero) is 1. The van der Waals surface area contributed by atoms with Crippen LogP contribution in [-0.2, 0) is 19.1 Å². The first kappa shape index (κ1) is 14.8. The molecule has 0 fully saturated rings. The van der Waals surface area contributed by atoms with E-state index in [1.54, 1.807) is 0 Å². The van der Waals surface area contributed by atoms with E-state index in [0.29, 0.717) is 6.29 Å². The number of ketones is 1. The number of hydrogen-bond donors (Lipinski definition) is 0. The first-order chi connectivity index (χ1) is 5.24. The molecule has 0 aromatic heterocycles. The van der Waals surface area contributed by atoms with Crippen molar-refractivity contribution in [1.82, 2.24) is 0 Å². The van der Waals surface area contributed by atoms with Gasteiger partial charge in [0.1, 0.15) is 12.1 Å². The van der Waals surface area contributed by atoms with Gasteiger partial charge < -0.3 is 14.3 Å². The van der Waals surface area contributed by atoms with Crippen molar-refractivity contribution in [1.29, 1.82) is 0 Å². The molecule has 0 aromatic carbocycles. The SMILES string of the molecule is COC(CC(=O)CC=O)OC.[NaH]. The molecule has 0 radical (unpaired) electrons. The van der Waals surface area contributed by atoms with E-state index in [9.17, 15) is 9.59 Å². The predicted molar refractivity (Wildman–Crippen MR) is 45.3 cm³/mol. The van der Waals surface area contributed by atoms with Gasteiger partial charge in [-0.1, -0.05) is 0 Å². The molecule has 0 heterocycles. The molecule has 0 unspecified atom stereocenters. The standard InChI is InChI=1S/C7H12O4.Na.H/c1-10-7(11-2)5-6(9)3-4-8;;/h4,7H,3,5H2,1-2H3;;. The zero-order valence-corrected chi connectivity index (χ0v) is 6.70. The van der Waals surface area contributed by atoms with Gasteiger partial charge in [0.05, 0.1) is 12.8 Å². The molecule has 0 saturated carbocycles.